The largest absolute Gasteiger partial charge is 0.455 e. The number of ether oxygens (including phenoxy) is 3. The first kappa shape index (κ1) is 33.4. The summed E-state index contributed by atoms with van der Waals surface area (Å²) in [6, 6.07) is 11.1. The number of amides is 1. The van der Waals surface area contributed by atoms with E-state index >= 15 is 0 Å². The highest BCUT2D eigenvalue weighted by molar-refractivity contribution is 7.33. The Morgan fingerprint density at radius 1 is 1.09 bits per heavy atom. The van der Waals surface area contributed by atoms with Crippen LogP contribution in [0.4, 0.5) is 5.82 Å². The first-order valence-corrected chi connectivity index (χ1v) is 15.2. The van der Waals surface area contributed by atoms with Crippen LogP contribution in [-0.4, -0.2) is 75.9 Å². The molecule has 0 bridgehead atoms. The van der Waals surface area contributed by atoms with E-state index in [2.05, 4.69) is 10.1 Å². The zero-order valence-corrected chi connectivity index (χ0v) is 26.6. The lowest BCUT2D eigenvalue weighted by atomic mass is 9.95. The maximum absolute atomic E-state index is 12.9. The SMILES string of the molecule is CC(C)C(=O)O[C@H]1[C@H](c2ccc3c(N)ncnn23)O[C@](C#N)(CO[PH](=O)Oc2ccc(C(=O)N(C)C)cc2)[C@H]1OC(=O)C(C)C. The summed E-state index contributed by atoms with van der Waals surface area (Å²) in [6.45, 7) is 5.74. The second kappa shape index (κ2) is 13.6. The van der Waals surface area contributed by atoms with Crippen molar-refractivity contribution in [2.24, 2.45) is 11.8 Å². The van der Waals surface area contributed by atoms with Gasteiger partial charge in [0.2, 0.25) is 5.60 Å². The summed E-state index contributed by atoms with van der Waals surface area (Å²) in [5.74, 6) is -2.45. The molecular formula is C29H35N6O9P. The van der Waals surface area contributed by atoms with Gasteiger partial charge in [-0.3, -0.25) is 18.9 Å². The fourth-order valence-electron chi connectivity index (χ4n) is 4.47. The number of nitriles is 1. The summed E-state index contributed by atoms with van der Waals surface area (Å²) in [5.41, 5.74) is 5.03. The van der Waals surface area contributed by atoms with Crippen molar-refractivity contribution in [3.8, 4) is 11.8 Å². The van der Waals surface area contributed by atoms with Gasteiger partial charge in [0.25, 0.3) is 5.91 Å². The van der Waals surface area contributed by atoms with E-state index in [-0.39, 0.29) is 17.5 Å². The van der Waals surface area contributed by atoms with Gasteiger partial charge in [-0.2, -0.15) is 10.4 Å². The van der Waals surface area contributed by atoms with Gasteiger partial charge in [-0.05, 0) is 36.4 Å². The molecule has 15 nitrogen and oxygen atoms in total. The van der Waals surface area contributed by atoms with Gasteiger partial charge in [0, 0.05) is 19.7 Å². The van der Waals surface area contributed by atoms with Crippen LogP contribution in [0.25, 0.3) is 5.52 Å². The molecule has 1 unspecified atom stereocenters. The van der Waals surface area contributed by atoms with Crippen molar-refractivity contribution in [3.63, 3.8) is 0 Å². The number of hydrogen-bond acceptors (Lipinski definition) is 13. The van der Waals surface area contributed by atoms with Crippen LogP contribution in [-0.2, 0) is 32.9 Å². The number of esters is 2. The smallest absolute Gasteiger partial charge is 0.367 e. The number of carbonyl (C=O) groups is 3. The van der Waals surface area contributed by atoms with Crippen molar-refractivity contribution in [2.45, 2.75) is 51.6 Å². The van der Waals surface area contributed by atoms with Crippen LogP contribution in [0.3, 0.4) is 0 Å². The average molecular weight is 643 g/mol. The predicted octanol–water partition coefficient (Wildman–Crippen LogP) is 2.97. The Morgan fingerprint density at radius 3 is 2.33 bits per heavy atom. The van der Waals surface area contributed by atoms with Crippen molar-refractivity contribution in [1.29, 1.82) is 5.26 Å². The minimum Gasteiger partial charge on any atom is -0.455 e. The molecule has 240 valence electrons. The van der Waals surface area contributed by atoms with Crippen molar-refractivity contribution in [3.05, 3.63) is 54.0 Å². The quantitative estimate of drug-likeness (QED) is 0.237. The van der Waals surface area contributed by atoms with E-state index in [1.165, 1.54) is 40.0 Å². The molecule has 1 aromatic carbocycles. The zero-order chi connectivity index (χ0) is 33.1. The molecule has 1 aliphatic rings. The Balaban J connectivity index is 1.67. The lowest BCUT2D eigenvalue weighted by Crippen LogP contribution is -2.49. The van der Waals surface area contributed by atoms with Crippen molar-refractivity contribution < 1.29 is 42.2 Å². The van der Waals surface area contributed by atoms with Gasteiger partial charge in [-0.1, -0.05) is 27.7 Å². The molecule has 1 amide bonds. The van der Waals surface area contributed by atoms with E-state index in [4.69, 9.17) is 29.0 Å². The summed E-state index contributed by atoms with van der Waals surface area (Å²) in [5, 5.41) is 14.7. The molecule has 5 atom stereocenters. The Hall–Kier alpha value is -4.51. The molecule has 0 saturated carbocycles. The fraction of sp³-hybridized carbons (Fsp3) is 0.448. The second-order valence-corrected chi connectivity index (χ2v) is 12.2. The summed E-state index contributed by atoms with van der Waals surface area (Å²) < 4.78 is 43.1. The molecule has 1 aliphatic heterocycles. The molecule has 3 aromatic rings. The number of rotatable bonds is 11. The Bertz CT molecular complexity index is 1640. The van der Waals surface area contributed by atoms with Crippen LogP contribution in [0.1, 0.15) is 49.9 Å². The van der Waals surface area contributed by atoms with E-state index in [0.717, 1.165) is 0 Å². The third-order valence-corrected chi connectivity index (χ3v) is 7.72. The first-order valence-electron chi connectivity index (χ1n) is 14.0. The Labute approximate surface area is 260 Å². The van der Waals surface area contributed by atoms with Crippen molar-refractivity contribution >= 4 is 37.4 Å². The Kier molecular flexibility index (Phi) is 10.1. The van der Waals surface area contributed by atoms with Gasteiger partial charge >= 0.3 is 20.2 Å². The van der Waals surface area contributed by atoms with E-state index in [1.807, 2.05) is 6.07 Å². The van der Waals surface area contributed by atoms with Crippen molar-refractivity contribution in [1.82, 2.24) is 19.5 Å². The normalized spacial score (nSPS) is 21.8. The fourth-order valence-corrected chi connectivity index (χ4v) is 5.19. The molecule has 2 N–H and O–H groups in total. The number of carbonyl (C=O) groups excluding carboxylic acids is 3. The van der Waals surface area contributed by atoms with Gasteiger partial charge in [-0.25, -0.2) is 14.1 Å². The highest BCUT2D eigenvalue weighted by Crippen LogP contribution is 2.46. The first-order chi connectivity index (χ1) is 21.3. The number of fused-ring (bicyclic) bond motifs is 1. The van der Waals surface area contributed by atoms with Crippen LogP contribution >= 0.6 is 8.25 Å². The van der Waals surface area contributed by atoms with Gasteiger partial charge in [-0.15, -0.1) is 0 Å². The molecule has 0 spiro atoms. The maximum Gasteiger partial charge on any atom is 0.367 e. The van der Waals surface area contributed by atoms with Gasteiger partial charge in [0.05, 0.1) is 17.5 Å². The summed E-state index contributed by atoms with van der Waals surface area (Å²) >= 11 is 0. The topological polar surface area (TPSA) is 198 Å². The van der Waals surface area contributed by atoms with Crippen LogP contribution in [0, 0.1) is 23.2 Å². The average Bonchev–Trinajstić information content (AvgIpc) is 3.56. The zero-order valence-electron chi connectivity index (χ0n) is 25.6. The lowest BCUT2D eigenvalue weighted by Gasteiger charge is -2.29. The van der Waals surface area contributed by atoms with Crippen LogP contribution in [0.2, 0.25) is 0 Å². The molecule has 16 heteroatoms. The Morgan fingerprint density at radius 2 is 1.73 bits per heavy atom. The van der Waals surface area contributed by atoms with E-state index in [0.29, 0.717) is 16.8 Å². The minimum atomic E-state index is -3.32. The summed E-state index contributed by atoms with van der Waals surface area (Å²) in [4.78, 5) is 43.3. The second-order valence-electron chi connectivity index (χ2n) is 11.2. The van der Waals surface area contributed by atoms with Crippen molar-refractivity contribution in [2.75, 3.05) is 26.4 Å². The maximum atomic E-state index is 12.9. The molecule has 45 heavy (non-hydrogen) atoms. The third-order valence-electron chi connectivity index (χ3n) is 6.94. The lowest BCUT2D eigenvalue weighted by molar-refractivity contribution is -0.173. The molecule has 4 rings (SSSR count). The summed E-state index contributed by atoms with van der Waals surface area (Å²) in [7, 11) is -0.0967. The molecule has 3 heterocycles. The predicted molar refractivity (Wildman–Crippen MR) is 159 cm³/mol. The van der Waals surface area contributed by atoms with E-state index in [9.17, 15) is 24.2 Å². The number of benzene rings is 1. The molecule has 0 radical (unpaired) electrons. The molecule has 0 aliphatic carbocycles. The van der Waals surface area contributed by atoms with E-state index < -0.39 is 62.5 Å². The highest BCUT2D eigenvalue weighted by atomic mass is 31.1. The van der Waals surface area contributed by atoms with E-state index in [1.54, 1.807) is 53.9 Å². The standard InChI is InChI=1S/C29H35N6O9P/c1-16(2)27(37)41-23-22(20-11-12-21-25(31)32-15-33-35(20)21)43-29(13-30,24(23)42-28(38)17(3)4)14-40-45(39)44-19-9-7-18(8-10-19)26(36)34(5)6/h7-12,15-17,22-24,45H,14H2,1-6H3,(H2,31,32,33)/t22-,23-,24-,29+/m0/s1. The van der Waals surface area contributed by atoms with Gasteiger partial charge < -0.3 is 29.4 Å². The van der Waals surface area contributed by atoms with Crippen LogP contribution in [0.5, 0.6) is 5.75 Å². The number of hydrogen-bond donors (Lipinski definition) is 1. The van der Waals surface area contributed by atoms with Gasteiger partial charge in [0.1, 0.15) is 36.4 Å². The molecular weight excluding hydrogens is 607 g/mol. The summed E-state index contributed by atoms with van der Waals surface area (Å²) in [6.07, 6.45) is -2.84. The van der Waals surface area contributed by atoms with Gasteiger partial charge in [0.15, 0.2) is 18.0 Å². The van der Waals surface area contributed by atoms with Crippen LogP contribution in [0.15, 0.2) is 42.7 Å². The molecule has 1 saturated heterocycles. The highest BCUT2D eigenvalue weighted by Gasteiger charge is 2.62. The molecule has 1 fully saturated rings. The number of aromatic nitrogens is 3. The molecule has 2 aromatic heterocycles. The third kappa shape index (κ3) is 7.09. The number of nitrogen functional groups attached to an aromatic ring is 1. The minimum absolute atomic E-state index is 0.147. The monoisotopic (exact) mass is 642 g/mol. The van der Waals surface area contributed by atoms with Crippen LogP contribution < -0.4 is 10.3 Å². The number of nitrogens with two attached hydrogens (primary N) is 1. The number of anilines is 1. The number of nitrogens with zero attached hydrogens (tertiary/aromatic N) is 5.